The van der Waals surface area contributed by atoms with Crippen LogP contribution < -0.4 is 9.47 Å². The number of fused-ring (bicyclic) bond motifs is 1. The molecule has 1 N–H and O–H groups in total. The van der Waals surface area contributed by atoms with Crippen molar-refractivity contribution in [2.75, 3.05) is 14.2 Å². The minimum Gasteiger partial charge on any atom is -0.504 e. The highest BCUT2D eigenvalue weighted by Gasteiger charge is 2.12. The highest BCUT2D eigenvalue weighted by atomic mass is 16.5. The first-order valence-electron chi connectivity index (χ1n) is 4.46. The highest BCUT2D eigenvalue weighted by Crippen LogP contribution is 2.39. The zero-order valence-electron chi connectivity index (χ0n) is 8.52. The lowest BCUT2D eigenvalue weighted by Gasteiger charge is -2.10. The molecule has 0 aliphatic heterocycles. The normalized spacial score (nSPS) is 10.3. The fourth-order valence-corrected chi connectivity index (χ4v) is 1.55. The molecule has 1 aromatic heterocycles. The largest absolute Gasteiger partial charge is 0.504 e. The van der Waals surface area contributed by atoms with E-state index in [9.17, 15) is 5.11 Å². The van der Waals surface area contributed by atoms with Crippen LogP contribution in [0.25, 0.3) is 10.9 Å². The van der Waals surface area contributed by atoms with E-state index >= 15 is 0 Å². The smallest absolute Gasteiger partial charge is 0.170 e. The van der Waals surface area contributed by atoms with Crippen LogP contribution in [0.2, 0.25) is 0 Å². The van der Waals surface area contributed by atoms with Crippen molar-refractivity contribution in [1.29, 1.82) is 0 Å². The van der Waals surface area contributed by atoms with Crippen LogP contribution in [-0.4, -0.2) is 24.3 Å². The van der Waals surface area contributed by atoms with Crippen LogP contribution in [0, 0.1) is 0 Å². The standard InChI is InChI=1S/C11H11NO3/c1-14-9-6-8(13)11(15-2)7-4-3-5-12-10(7)9/h3-6,13H,1-2H3. The lowest BCUT2D eigenvalue weighted by atomic mass is 10.1. The van der Waals surface area contributed by atoms with Crippen LogP contribution in [0.15, 0.2) is 24.4 Å². The van der Waals surface area contributed by atoms with E-state index in [4.69, 9.17) is 9.47 Å². The van der Waals surface area contributed by atoms with Crippen LogP contribution in [0.1, 0.15) is 0 Å². The van der Waals surface area contributed by atoms with E-state index in [-0.39, 0.29) is 5.75 Å². The van der Waals surface area contributed by atoms with Gasteiger partial charge in [-0.15, -0.1) is 0 Å². The van der Waals surface area contributed by atoms with E-state index in [1.165, 1.54) is 20.3 Å². The Labute approximate surface area is 87.1 Å². The summed E-state index contributed by atoms with van der Waals surface area (Å²) >= 11 is 0. The van der Waals surface area contributed by atoms with E-state index in [0.29, 0.717) is 17.0 Å². The number of aromatic nitrogens is 1. The molecule has 0 amide bonds. The van der Waals surface area contributed by atoms with Gasteiger partial charge in [-0.05, 0) is 12.1 Å². The number of rotatable bonds is 2. The molecule has 0 aliphatic rings. The summed E-state index contributed by atoms with van der Waals surface area (Å²) in [6.07, 6.45) is 1.67. The third kappa shape index (κ3) is 1.44. The van der Waals surface area contributed by atoms with E-state index < -0.39 is 0 Å². The first kappa shape index (κ1) is 9.58. The summed E-state index contributed by atoms with van der Waals surface area (Å²) in [6.45, 7) is 0. The molecular formula is C11H11NO3. The molecule has 15 heavy (non-hydrogen) atoms. The molecule has 0 saturated heterocycles. The Morgan fingerprint density at radius 2 is 2.07 bits per heavy atom. The van der Waals surface area contributed by atoms with E-state index in [0.717, 1.165) is 5.39 Å². The monoisotopic (exact) mass is 205 g/mol. The van der Waals surface area contributed by atoms with Crippen LogP contribution in [0.3, 0.4) is 0 Å². The lowest BCUT2D eigenvalue weighted by molar-refractivity contribution is 0.371. The van der Waals surface area contributed by atoms with Gasteiger partial charge < -0.3 is 14.6 Å². The van der Waals surface area contributed by atoms with Gasteiger partial charge in [0.15, 0.2) is 11.5 Å². The molecule has 0 unspecified atom stereocenters. The number of benzene rings is 1. The van der Waals surface area contributed by atoms with E-state index in [2.05, 4.69) is 4.98 Å². The fourth-order valence-electron chi connectivity index (χ4n) is 1.55. The van der Waals surface area contributed by atoms with Gasteiger partial charge in [0.25, 0.3) is 0 Å². The number of hydrogen-bond acceptors (Lipinski definition) is 4. The van der Waals surface area contributed by atoms with Crippen LogP contribution in [0.5, 0.6) is 17.2 Å². The average molecular weight is 205 g/mol. The molecule has 0 saturated carbocycles. The maximum absolute atomic E-state index is 9.69. The predicted octanol–water partition coefficient (Wildman–Crippen LogP) is 1.96. The molecule has 1 heterocycles. The summed E-state index contributed by atoms with van der Waals surface area (Å²) in [5.74, 6) is 0.998. The molecule has 2 aromatic rings. The van der Waals surface area contributed by atoms with Gasteiger partial charge in [0.05, 0.1) is 14.2 Å². The maximum atomic E-state index is 9.69. The molecule has 4 nitrogen and oxygen atoms in total. The van der Waals surface area contributed by atoms with Gasteiger partial charge in [0.2, 0.25) is 0 Å². The summed E-state index contributed by atoms with van der Waals surface area (Å²) in [5.41, 5.74) is 0.676. The molecule has 0 spiro atoms. The van der Waals surface area contributed by atoms with Crippen molar-refractivity contribution in [3.63, 3.8) is 0 Å². The molecule has 0 radical (unpaired) electrons. The number of aromatic hydroxyl groups is 1. The predicted molar refractivity (Wildman–Crippen MR) is 56.5 cm³/mol. The van der Waals surface area contributed by atoms with Gasteiger partial charge in [-0.2, -0.15) is 0 Å². The molecule has 0 fully saturated rings. The van der Waals surface area contributed by atoms with Crippen molar-refractivity contribution in [3.8, 4) is 17.2 Å². The second-order valence-corrected chi connectivity index (χ2v) is 3.03. The molecule has 78 valence electrons. The minimum absolute atomic E-state index is 0.0508. The van der Waals surface area contributed by atoms with Crippen molar-refractivity contribution in [2.45, 2.75) is 0 Å². The summed E-state index contributed by atoms with van der Waals surface area (Å²) in [6, 6.07) is 5.10. The van der Waals surface area contributed by atoms with Gasteiger partial charge >= 0.3 is 0 Å². The highest BCUT2D eigenvalue weighted by molar-refractivity contribution is 5.92. The summed E-state index contributed by atoms with van der Waals surface area (Å²) in [7, 11) is 3.04. The number of pyridine rings is 1. The van der Waals surface area contributed by atoms with Crippen molar-refractivity contribution < 1.29 is 14.6 Å². The number of nitrogens with zero attached hydrogens (tertiary/aromatic N) is 1. The third-order valence-corrected chi connectivity index (χ3v) is 2.21. The number of methoxy groups -OCH3 is 2. The van der Waals surface area contributed by atoms with E-state index in [1.54, 1.807) is 12.3 Å². The Hall–Kier alpha value is -1.97. The molecule has 0 atom stereocenters. The lowest BCUT2D eigenvalue weighted by Crippen LogP contribution is -1.91. The van der Waals surface area contributed by atoms with E-state index in [1.807, 2.05) is 6.07 Å². The molecule has 1 aromatic carbocycles. The second kappa shape index (κ2) is 3.65. The topological polar surface area (TPSA) is 51.6 Å². The molecule has 2 rings (SSSR count). The Morgan fingerprint density at radius 3 is 2.73 bits per heavy atom. The average Bonchev–Trinajstić information content (AvgIpc) is 2.28. The fraction of sp³-hybridized carbons (Fsp3) is 0.182. The Morgan fingerprint density at radius 1 is 1.27 bits per heavy atom. The van der Waals surface area contributed by atoms with Crippen LogP contribution in [0.4, 0.5) is 0 Å². The number of hydrogen-bond donors (Lipinski definition) is 1. The number of phenolic OH excluding ortho intramolecular Hbond substituents is 1. The summed E-state index contributed by atoms with van der Waals surface area (Å²) < 4.78 is 10.2. The van der Waals surface area contributed by atoms with Crippen molar-refractivity contribution >= 4 is 10.9 Å². The Kier molecular flexibility index (Phi) is 2.33. The van der Waals surface area contributed by atoms with Gasteiger partial charge in [-0.25, -0.2) is 0 Å². The molecular weight excluding hydrogens is 194 g/mol. The zero-order valence-corrected chi connectivity index (χ0v) is 8.52. The van der Waals surface area contributed by atoms with Crippen molar-refractivity contribution in [2.24, 2.45) is 0 Å². The van der Waals surface area contributed by atoms with Gasteiger partial charge in [-0.1, -0.05) is 0 Å². The second-order valence-electron chi connectivity index (χ2n) is 3.03. The van der Waals surface area contributed by atoms with Crippen LogP contribution in [-0.2, 0) is 0 Å². The number of ether oxygens (including phenoxy) is 2. The maximum Gasteiger partial charge on any atom is 0.170 e. The third-order valence-electron chi connectivity index (χ3n) is 2.21. The van der Waals surface area contributed by atoms with Gasteiger partial charge in [-0.3, -0.25) is 4.98 Å². The summed E-state index contributed by atoms with van der Waals surface area (Å²) in [5, 5.41) is 10.4. The first-order chi connectivity index (χ1) is 7.27. The SMILES string of the molecule is COc1c(O)cc(OC)c2ncccc12. The minimum atomic E-state index is 0.0508. The zero-order chi connectivity index (χ0) is 10.8. The van der Waals surface area contributed by atoms with Crippen LogP contribution >= 0.6 is 0 Å². The molecule has 0 aliphatic carbocycles. The Balaban J connectivity index is 2.86. The summed E-state index contributed by atoms with van der Waals surface area (Å²) in [4.78, 5) is 4.19. The first-order valence-corrected chi connectivity index (χ1v) is 4.46. The Bertz CT molecular complexity index is 496. The van der Waals surface area contributed by atoms with Crippen molar-refractivity contribution in [3.05, 3.63) is 24.4 Å². The van der Waals surface area contributed by atoms with Gasteiger partial charge in [0.1, 0.15) is 11.3 Å². The van der Waals surface area contributed by atoms with Crippen molar-refractivity contribution in [1.82, 2.24) is 4.98 Å². The molecule has 4 heteroatoms. The quantitative estimate of drug-likeness (QED) is 0.814. The van der Waals surface area contributed by atoms with Gasteiger partial charge in [0, 0.05) is 17.6 Å². The molecule has 0 bridgehead atoms. The number of phenols is 1.